The highest BCUT2D eigenvalue weighted by atomic mass is 35.5. The van der Waals surface area contributed by atoms with Crippen LogP contribution in [0, 0.1) is 17.8 Å². The van der Waals surface area contributed by atoms with E-state index in [-0.39, 0.29) is 12.0 Å². The van der Waals surface area contributed by atoms with Gasteiger partial charge in [0.05, 0.1) is 22.9 Å². The molecule has 7 nitrogen and oxygen atoms in total. The topological polar surface area (TPSA) is 93.9 Å². The van der Waals surface area contributed by atoms with E-state index < -0.39 is 5.60 Å². The first kappa shape index (κ1) is 19.2. The summed E-state index contributed by atoms with van der Waals surface area (Å²) in [5.74, 6) is 1.58. The Labute approximate surface area is 169 Å². The summed E-state index contributed by atoms with van der Waals surface area (Å²) in [6.45, 7) is 8.05. The first-order valence-electron chi connectivity index (χ1n) is 9.65. The van der Waals surface area contributed by atoms with E-state index in [1.165, 1.54) is 0 Å². The van der Waals surface area contributed by atoms with Crippen LogP contribution in [0.25, 0.3) is 0 Å². The third kappa shape index (κ3) is 3.48. The lowest BCUT2D eigenvalue weighted by Gasteiger charge is -2.26. The van der Waals surface area contributed by atoms with Crippen LogP contribution in [0.1, 0.15) is 36.7 Å². The Bertz CT molecular complexity index is 824. The zero-order valence-corrected chi connectivity index (χ0v) is 17.1. The number of hydrogen-bond acceptors (Lipinski definition) is 5. The summed E-state index contributed by atoms with van der Waals surface area (Å²) in [5, 5.41) is 3.38. The number of piperidine rings is 1. The van der Waals surface area contributed by atoms with Crippen molar-refractivity contribution in [2.75, 3.05) is 32.0 Å². The molecule has 4 rings (SSSR count). The molecule has 1 saturated carbocycles. The van der Waals surface area contributed by atoms with Crippen molar-refractivity contribution in [3.8, 4) is 5.75 Å². The van der Waals surface area contributed by atoms with Crippen molar-refractivity contribution >= 4 is 29.3 Å². The standard InChI is InChI=1S/C20H26ClN3O4/c1-20(2,3)28-19(26)24-8-13-12(14(13)9-24)7-23-18(25)11-6-15(21)16(22)10-4-5-27-17(10)11/h6,12-14H,4-5,7-9,22H2,1-3H3,(H,23,25). The molecule has 2 amide bonds. The van der Waals surface area contributed by atoms with Gasteiger partial charge in [0, 0.05) is 31.6 Å². The molecule has 3 aliphatic rings. The smallest absolute Gasteiger partial charge is 0.410 e. The maximum absolute atomic E-state index is 12.7. The molecule has 1 saturated heterocycles. The molecule has 1 aliphatic carbocycles. The fourth-order valence-electron chi connectivity index (χ4n) is 4.27. The molecule has 2 fully saturated rings. The second-order valence-corrected chi connectivity index (χ2v) is 9.22. The van der Waals surface area contributed by atoms with E-state index in [2.05, 4.69) is 5.32 Å². The van der Waals surface area contributed by atoms with Gasteiger partial charge in [0.25, 0.3) is 5.91 Å². The number of hydrogen-bond donors (Lipinski definition) is 2. The zero-order chi connectivity index (χ0) is 20.2. The van der Waals surface area contributed by atoms with E-state index in [0.717, 1.165) is 5.56 Å². The minimum Gasteiger partial charge on any atom is -0.492 e. The van der Waals surface area contributed by atoms with Gasteiger partial charge in [0.2, 0.25) is 0 Å². The maximum atomic E-state index is 12.7. The third-order valence-electron chi connectivity index (χ3n) is 5.74. The van der Waals surface area contributed by atoms with Crippen LogP contribution in [0.5, 0.6) is 5.75 Å². The number of halogens is 1. The summed E-state index contributed by atoms with van der Waals surface area (Å²) in [5.41, 5.74) is 7.24. The highest BCUT2D eigenvalue weighted by molar-refractivity contribution is 6.33. The molecule has 1 aromatic carbocycles. The van der Waals surface area contributed by atoms with Gasteiger partial charge >= 0.3 is 6.09 Å². The summed E-state index contributed by atoms with van der Waals surface area (Å²) < 4.78 is 11.0. The number of fused-ring (bicyclic) bond motifs is 2. The van der Waals surface area contributed by atoms with Crippen molar-refractivity contribution in [3.63, 3.8) is 0 Å². The molecule has 2 heterocycles. The number of carbonyl (C=O) groups is 2. The Kier molecular flexibility index (Phi) is 4.61. The number of carbonyl (C=O) groups excluding carboxylic acids is 2. The van der Waals surface area contributed by atoms with Crippen LogP contribution < -0.4 is 15.8 Å². The number of nitrogens with zero attached hydrogens (tertiary/aromatic N) is 1. The van der Waals surface area contributed by atoms with Gasteiger partial charge < -0.3 is 25.4 Å². The lowest BCUT2D eigenvalue weighted by Crippen LogP contribution is -2.38. The summed E-state index contributed by atoms with van der Waals surface area (Å²) in [4.78, 5) is 26.6. The molecule has 28 heavy (non-hydrogen) atoms. The number of nitrogen functional groups attached to an aromatic ring is 1. The Morgan fingerprint density at radius 1 is 1.36 bits per heavy atom. The minimum atomic E-state index is -0.486. The van der Waals surface area contributed by atoms with Gasteiger partial charge in [-0.15, -0.1) is 0 Å². The molecule has 3 N–H and O–H groups in total. The van der Waals surface area contributed by atoms with E-state index in [1.807, 2.05) is 20.8 Å². The van der Waals surface area contributed by atoms with Crippen molar-refractivity contribution < 1.29 is 19.1 Å². The normalized spacial score (nSPS) is 25.0. The first-order valence-corrected chi connectivity index (χ1v) is 10.0. The summed E-state index contributed by atoms with van der Waals surface area (Å²) in [6, 6.07) is 1.58. The van der Waals surface area contributed by atoms with Gasteiger partial charge in [-0.3, -0.25) is 4.79 Å². The molecule has 2 unspecified atom stereocenters. The molecule has 2 aliphatic heterocycles. The van der Waals surface area contributed by atoms with E-state index in [4.69, 9.17) is 26.8 Å². The Morgan fingerprint density at radius 2 is 2.04 bits per heavy atom. The second-order valence-electron chi connectivity index (χ2n) is 8.81. The summed E-state index contributed by atoms with van der Waals surface area (Å²) in [6.07, 6.45) is 0.404. The maximum Gasteiger partial charge on any atom is 0.410 e. The second kappa shape index (κ2) is 6.72. The third-order valence-corrected chi connectivity index (χ3v) is 6.05. The number of nitrogens with two attached hydrogens (primary N) is 1. The monoisotopic (exact) mass is 407 g/mol. The van der Waals surface area contributed by atoms with E-state index in [9.17, 15) is 9.59 Å². The largest absolute Gasteiger partial charge is 0.492 e. The van der Waals surface area contributed by atoms with Crippen LogP contribution >= 0.6 is 11.6 Å². The van der Waals surface area contributed by atoms with Gasteiger partial charge in [-0.2, -0.15) is 0 Å². The van der Waals surface area contributed by atoms with Gasteiger partial charge in [0.15, 0.2) is 0 Å². The Balaban J connectivity index is 1.31. The lowest BCUT2D eigenvalue weighted by molar-refractivity contribution is 0.0265. The average molecular weight is 408 g/mol. The van der Waals surface area contributed by atoms with Gasteiger partial charge in [-0.25, -0.2) is 4.79 Å². The quantitative estimate of drug-likeness (QED) is 0.751. The molecule has 1 aromatic rings. The minimum absolute atomic E-state index is 0.200. The molecule has 0 aromatic heterocycles. The number of benzene rings is 1. The van der Waals surface area contributed by atoms with Crippen molar-refractivity contribution in [1.29, 1.82) is 0 Å². The molecule has 152 valence electrons. The molecule has 0 radical (unpaired) electrons. The Morgan fingerprint density at radius 3 is 2.68 bits per heavy atom. The van der Waals surface area contributed by atoms with Gasteiger partial charge in [0.1, 0.15) is 11.4 Å². The van der Waals surface area contributed by atoms with Crippen molar-refractivity contribution in [3.05, 3.63) is 22.2 Å². The predicted octanol–water partition coefficient (Wildman–Crippen LogP) is 2.70. The first-order chi connectivity index (χ1) is 13.2. The lowest BCUT2D eigenvalue weighted by atomic mass is 10.1. The molecular weight excluding hydrogens is 382 g/mol. The molecule has 2 atom stereocenters. The van der Waals surface area contributed by atoms with Crippen molar-refractivity contribution in [1.82, 2.24) is 10.2 Å². The fraction of sp³-hybridized carbons (Fsp3) is 0.600. The van der Waals surface area contributed by atoms with Crippen LogP contribution in [-0.4, -0.2) is 48.7 Å². The highest BCUT2D eigenvalue weighted by Gasteiger charge is 2.56. The van der Waals surface area contributed by atoms with Gasteiger partial charge in [-0.05, 0) is 44.6 Å². The summed E-state index contributed by atoms with van der Waals surface area (Å²) in [7, 11) is 0. The summed E-state index contributed by atoms with van der Waals surface area (Å²) >= 11 is 6.18. The van der Waals surface area contributed by atoms with Crippen LogP contribution in [0.4, 0.5) is 10.5 Å². The molecular formula is C20H26ClN3O4. The van der Waals surface area contributed by atoms with E-state index in [1.54, 1.807) is 11.0 Å². The Hall–Kier alpha value is -2.15. The number of anilines is 1. The van der Waals surface area contributed by atoms with E-state index in [0.29, 0.717) is 72.4 Å². The van der Waals surface area contributed by atoms with Crippen molar-refractivity contribution in [2.45, 2.75) is 32.8 Å². The predicted molar refractivity (Wildman–Crippen MR) is 106 cm³/mol. The number of amides is 2. The number of ether oxygens (including phenoxy) is 2. The number of rotatable bonds is 3. The molecule has 0 bridgehead atoms. The van der Waals surface area contributed by atoms with Crippen LogP contribution in [0.2, 0.25) is 5.02 Å². The molecule has 8 heteroatoms. The van der Waals surface area contributed by atoms with E-state index >= 15 is 0 Å². The average Bonchev–Trinajstić information content (AvgIpc) is 3.00. The highest BCUT2D eigenvalue weighted by Crippen LogP contribution is 2.51. The van der Waals surface area contributed by atoms with Gasteiger partial charge in [-0.1, -0.05) is 11.6 Å². The van der Waals surface area contributed by atoms with Crippen LogP contribution in [0.3, 0.4) is 0 Å². The zero-order valence-electron chi connectivity index (χ0n) is 16.4. The van der Waals surface area contributed by atoms with Crippen LogP contribution in [-0.2, 0) is 11.2 Å². The number of nitrogens with one attached hydrogen (secondary N) is 1. The van der Waals surface area contributed by atoms with Crippen LogP contribution in [0.15, 0.2) is 6.07 Å². The van der Waals surface area contributed by atoms with Crippen molar-refractivity contribution in [2.24, 2.45) is 17.8 Å². The molecule has 0 spiro atoms. The SMILES string of the molecule is CC(C)(C)OC(=O)N1CC2C(CNC(=O)c3cc(Cl)c(N)c4c3OCC4)C2C1. The fourth-order valence-corrected chi connectivity index (χ4v) is 4.49. The number of likely N-dealkylation sites (tertiary alicyclic amines) is 1.